The minimum Gasteiger partial charge on any atom is -0.347 e. The van der Waals surface area contributed by atoms with E-state index in [-0.39, 0.29) is 10.8 Å². The summed E-state index contributed by atoms with van der Waals surface area (Å²) in [6.07, 6.45) is 2.85. The lowest BCUT2D eigenvalue weighted by atomic mass is 10.2. The number of nitrogens with two attached hydrogens (primary N) is 1. The number of aromatic amines is 1. The topological polar surface area (TPSA) is 118 Å². The first-order valence-corrected chi connectivity index (χ1v) is 8.46. The summed E-state index contributed by atoms with van der Waals surface area (Å²) >= 11 is 0. The number of benzene rings is 1. The third kappa shape index (κ3) is 2.88. The average molecular weight is 320 g/mol. The van der Waals surface area contributed by atoms with Crippen LogP contribution in [0.25, 0.3) is 0 Å². The van der Waals surface area contributed by atoms with Crippen LogP contribution in [0.2, 0.25) is 0 Å². The Balaban J connectivity index is 1.66. The highest BCUT2D eigenvalue weighted by Gasteiger charge is 2.22. The molecule has 1 aliphatic rings. The minimum atomic E-state index is -3.69. The molecule has 7 nitrogen and oxygen atoms in total. The maximum Gasteiger partial charge on any atom is 0.272 e. The summed E-state index contributed by atoms with van der Waals surface area (Å²) in [5.41, 5.74) is 3.28. The second-order valence-corrected chi connectivity index (χ2v) is 6.82. The molecule has 0 atom stereocenters. The lowest BCUT2D eigenvalue weighted by Crippen LogP contribution is -2.24. The Morgan fingerprint density at radius 1 is 1.27 bits per heavy atom. The molecule has 0 unspecified atom stereocenters. The van der Waals surface area contributed by atoms with Crippen molar-refractivity contribution in [3.63, 3.8) is 0 Å². The van der Waals surface area contributed by atoms with Crippen molar-refractivity contribution in [1.82, 2.24) is 15.5 Å². The average Bonchev–Trinajstić information content (AvgIpc) is 3.07. The van der Waals surface area contributed by atoms with E-state index in [2.05, 4.69) is 15.5 Å². The van der Waals surface area contributed by atoms with Gasteiger partial charge in [-0.2, -0.15) is 5.10 Å². The standard InChI is InChI=1S/C14H16N4O3S/c15-22(20,21)10-6-4-9(5-7-10)8-16-14(19)13-11-2-1-3-12(11)17-18-13/h4-7H,1-3,8H2,(H,16,19)(H,17,18)(H2,15,20,21). The molecule has 0 saturated heterocycles. The third-order valence-corrected chi connectivity index (χ3v) is 4.66. The molecule has 116 valence electrons. The van der Waals surface area contributed by atoms with Gasteiger partial charge in [-0.3, -0.25) is 9.89 Å². The molecule has 1 aromatic heterocycles. The van der Waals surface area contributed by atoms with Crippen LogP contribution in [0.4, 0.5) is 0 Å². The zero-order valence-corrected chi connectivity index (χ0v) is 12.6. The van der Waals surface area contributed by atoms with Gasteiger partial charge in [0.05, 0.1) is 4.90 Å². The normalized spacial score (nSPS) is 13.9. The number of aromatic nitrogens is 2. The molecule has 0 saturated carbocycles. The number of hydrogen-bond acceptors (Lipinski definition) is 4. The van der Waals surface area contributed by atoms with E-state index in [1.165, 1.54) is 12.1 Å². The van der Waals surface area contributed by atoms with E-state index in [0.29, 0.717) is 12.2 Å². The second kappa shape index (κ2) is 5.54. The van der Waals surface area contributed by atoms with E-state index in [1.54, 1.807) is 12.1 Å². The van der Waals surface area contributed by atoms with Gasteiger partial charge >= 0.3 is 0 Å². The van der Waals surface area contributed by atoms with Crippen molar-refractivity contribution in [2.24, 2.45) is 5.14 Å². The summed E-state index contributed by atoms with van der Waals surface area (Å²) in [6, 6.07) is 6.08. The van der Waals surface area contributed by atoms with Crippen LogP contribution in [0.1, 0.15) is 33.7 Å². The molecule has 0 spiro atoms. The number of hydrogen-bond donors (Lipinski definition) is 3. The minimum absolute atomic E-state index is 0.0488. The van der Waals surface area contributed by atoms with Crippen LogP contribution in [-0.4, -0.2) is 24.5 Å². The molecule has 1 aliphatic carbocycles. The molecule has 2 aromatic rings. The Kier molecular flexibility index (Phi) is 3.71. The highest BCUT2D eigenvalue weighted by atomic mass is 32.2. The van der Waals surface area contributed by atoms with E-state index < -0.39 is 10.0 Å². The van der Waals surface area contributed by atoms with Crippen LogP contribution >= 0.6 is 0 Å². The summed E-state index contributed by atoms with van der Waals surface area (Å²) in [5.74, 6) is -0.227. The number of amides is 1. The fourth-order valence-corrected chi connectivity index (χ4v) is 3.09. The van der Waals surface area contributed by atoms with Crippen LogP contribution in [0, 0.1) is 0 Å². The summed E-state index contributed by atoms with van der Waals surface area (Å²) in [4.78, 5) is 12.2. The number of nitrogens with one attached hydrogen (secondary N) is 2. The SMILES string of the molecule is NS(=O)(=O)c1ccc(CNC(=O)c2n[nH]c3c2CCC3)cc1. The maximum absolute atomic E-state index is 12.2. The summed E-state index contributed by atoms with van der Waals surface area (Å²) in [6.45, 7) is 0.297. The number of primary sulfonamides is 1. The fourth-order valence-electron chi connectivity index (χ4n) is 2.57. The predicted octanol–water partition coefficient (Wildman–Crippen LogP) is 0.476. The third-order valence-electron chi connectivity index (χ3n) is 3.73. The van der Waals surface area contributed by atoms with Crippen molar-refractivity contribution in [2.75, 3.05) is 0 Å². The molecule has 0 aliphatic heterocycles. The van der Waals surface area contributed by atoms with Gasteiger partial charge in [-0.25, -0.2) is 13.6 Å². The molecule has 8 heteroatoms. The highest BCUT2D eigenvalue weighted by molar-refractivity contribution is 7.89. The molecule has 1 heterocycles. The first-order chi connectivity index (χ1) is 10.4. The van der Waals surface area contributed by atoms with Crippen molar-refractivity contribution in [3.05, 3.63) is 46.8 Å². The van der Waals surface area contributed by atoms with Crippen LogP contribution < -0.4 is 10.5 Å². The van der Waals surface area contributed by atoms with E-state index in [0.717, 1.165) is 36.1 Å². The van der Waals surface area contributed by atoms with Crippen molar-refractivity contribution in [2.45, 2.75) is 30.7 Å². The van der Waals surface area contributed by atoms with E-state index in [1.807, 2.05) is 0 Å². The summed E-state index contributed by atoms with van der Waals surface area (Å²) < 4.78 is 22.3. The lowest BCUT2D eigenvalue weighted by molar-refractivity contribution is 0.0945. The predicted molar refractivity (Wildman–Crippen MR) is 79.6 cm³/mol. The second-order valence-electron chi connectivity index (χ2n) is 5.25. The molecule has 0 bridgehead atoms. The summed E-state index contributed by atoms with van der Waals surface area (Å²) in [5, 5.41) is 14.8. The monoisotopic (exact) mass is 320 g/mol. The Morgan fingerprint density at radius 3 is 2.68 bits per heavy atom. The number of sulfonamides is 1. The Bertz CT molecular complexity index is 809. The Labute approximate surface area is 128 Å². The Morgan fingerprint density at radius 2 is 2.00 bits per heavy atom. The van der Waals surface area contributed by atoms with Crippen LogP contribution in [0.3, 0.4) is 0 Å². The molecule has 1 aromatic carbocycles. The first-order valence-electron chi connectivity index (χ1n) is 6.91. The molecule has 1 amide bonds. The van der Waals surface area contributed by atoms with Gasteiger partial charge in [0.2, 0.25) is 10.0 Å². The van der Waals surface area contributed by atoms with Gasteiger partial charge in [0.15, 0.2) is 5.69 Å². The van der Waals surface area contributed by atoms with Crippen molar-refractivity contribution >= 4 is 15.9 Å². The van der Waals surface area contributed by atoms with Crippen molar-refractivity contribution in [3.8, 4) is 0 Å². The number of fused-ring (bicyclic) bond motifs is 1. The number of aryl methyl sites for hydroxylation is 1. The highest BCUT2D eigenvalue weighted by Crippen LogP contribution is 2.22. The number of carbonyl (C=O) groups excluding carboxylic acids is 1. The molecule has 22 heavy (non-hydrogen) atoms. The van der Waals surface area contributed by atoms with Gasteiger partial charge in [-0.1, -0.05) is 12.1 Å². The molecule has 0 radical (unpaired) electrons. The van der Waals surface area contributed by atoms with Gasteiger partial charge in [0, 0.05) is 17.8 Å². The number of rotatable bonds is 4. The molecular formula is C14H16N4O3S. The lowest BCUT2D eigenvalue weighted by Gasteiger charge is -2.05. The van der Waals surface area contributed by atoms with E-state index >= 15 is 0 Å². The summed E-state index contributed by atoms with van der Waals surface area (Å²) in [7, 11) is -3.69. The van der Waals surface area contributed by atoms with Gasteiger partial charge in [0.25, 0.3) is 5.91 Å². The number of H-pyrrole nitrogens is 1. The van der Waals surface area contributed by atoms with Gasteiger partial charge < -0.3 is 5.32 Å². The van der Waals surface area contributed by atoms with Crippen molar-refractivity contribution in [1.29, 1.82) is 0 Å². The van der Waals surface area contributed by atoms with Gasteiger partial charge in [0.1, 0.15) is 0 Å². The molecule has 0 fully saturated rings. The Hall–Kier alpha value is -2.19. The smallest absolute Gasteiger partial charge is 0.272 e. The van der Waals surface area contributed by atoms with Gasteiger partial charge in [-0.15, -0.1) is 0 Å². The fraction of sp³-hybridized carbons (Fsp3) is 0.286. The zero-order chi connectivity index (χ0) is 15.7. The van der Waals surface area contributed by atoms with Crippen LogP contribution in [0.15, 0.2) is 29.2 Å². The van der Waals surface area contributed by atoms with Crippen LogP contribution in [0.5, 0.6) is 0 Å². The molecule has 3 rings (SSSR count). The van der Waals surface area contributed by atoms with E-state index in [4.69, 9.17) is 5.14 Å². The zero-order valence-electron chi connectivity index (χ0n) is 11.8. The quantitative estimate of drug-likeness (QED) is 0.759. The molecular weight excluding hydrogens is 304 g/mol. The van der Waals surface area contributed by atoms with Crippen molar-refractivity contribution < 1.29 is 13.2 Å². The molecule has 4 N–H and O–H groups in total. The van der Waals surface area contributed by atoms with Gasteiger partial charge in [-0.05, 0) is 37.0 Å². The van der Waals surface area contributed by atoms with E-state index in [9.17, 15) is 13.2 Å². The first kappa shape index (κ1) is 14.7. The largest absolute Gasteiger partial charge is 0.347 e. The number of nitrogens with zero attached hydrogens (tertiary/aromatic N) is 1. The number of carbonyl (C=O) groups is 1. The van der Waals surface area contributed by atoms with Crippen LogP contribution in [-0.2, 0) is 29.4 Å². The maximum atomic E-state index is 12.2.